The Morgan fingerprint density at radius 3 is 2.69 bits per heavy atom. The monoisotopic (exact) mass is 432 g/mol. The maximum absolute atomic E-state index is 11.8. The number of rotatable bonds is 5. The number of aliphatic hydroxyl groups is 1. The standard InChI is InChI=1S/C23H22N5O4/c1-23(29)12-16(13-23)21-19-14-25-9-10-28(19,24)22(26-21)15-7-8-20(18(11-15)27(30)31)32-17-5-3-2-4-6-17/h2-11,14,16,29H,12-13,24H2,1H3/q+1. The lowest BCUT2D eigenvalue weighted by Crippen LogP contribution is -2.53. The SMILES string of the molecule is CC1(O)CC(C2=C3C=NC=C[N+]3(N)C(c3ccc(Oc4ccccc4)c([N+](=O)[O-])c3)=N2)C1. The Labute approximate surface area is 184 Å². The van der Waals surface area contributed by atoms with Crippen LogP contribution in [0.3, 0.4) is 0 Å². The van der Waals surface area contributed by atoms with Crippen molar-refractivity contribution in [1.82, 2.24) is 0 Å². The zero-order chi connectivity index (χ0) is 22.5. The first-order valence-electron chi connectivity index (χ1n) is 10.2. The smallest absolute Gasteiger partial charge is 0.312 e. The molecule has 2 heterocycles. The third-order valence-electron chi connectivity index (χ3n) is 5.97. The third kappa shape index (κ3) is 3.32. The van der Waals surface area contributed by atoms with Crippen molar-refractivity contribution in [3.05, 3.63) is 88.0 Å². The van der Waals surface area contributed by atoms with E-state index in [4.69, 9.17) is 15.6 Å². The summed E-state index contributed by atoms with van der Waals surface area (Å²) in [6.45, 7) is 1.79. The number of ether oxygens (including phenoxy) is 1. The number of hydrogen-bond donors (Lipinski definition) is 2. The van der Waals surface area contributed by atoms with Gasteiger partial charge in [0.1, 0.15) is 17.6 Å². The van der Waals surface area contributed by atoms with Crippen molar-refractivity contribution >= 4 is 17.7 Å². The van der Waals surface area contributed by atoms with E-state index in [1.807, 2.05) is 6.07 Å². The number of nitrogens with zero attached hydrogens (tertiary/aromatic N) is 4. The zero-order valence-corrected chi connectivity index (χ0v) is 17.4. The summed E-state index contributed by atoms with van der Waals surface area (Å²) < 4.78 is 5.51. The van der Waals surface area contributed by atoms with Crippen LogP contribution >= 0.6 is 0 Å². The Morgan fingerprint density at radius 1 is 1.25 bits per heavy atom. The molecule has 0 amide bonds. The minimum absolute atomic E-state index is 0.0483. The highest BCUT2D eigenvalue weighted by atomic mass is 16.6. The van der Waals surface area contributed by atoms with Gasteiger partial charge in [0.2, 0.25) is 11.4 Å². The number of benzene rings is 2. The number of nitrogens with two attached hydrogens (primary N) is 1. The molecule has 1 saturated carbocycles. The maximum atomic E-state index is 11.8. The van der Waals surface area contributed by atoms with Crippen LogP contribution in [0.2, 0.25) is 0 Å². The van der Waals surface area contributed by atoms with Crippen LogP contribution in [-0.2, 0) is 0 Å². The third-order valence-corrected chi connectivity index (χ3v) is 5.97. The number of hydrogen-bond acceptors (Lipinski definition) is 7. The molecule has 32 heavy (non-hydrogen) atoms. The van der Waals surface area contributed by atoms with Crippen LogP contribution in [0.15, 0.2) is 82.3 Å². The van der Waals surface area contributed by atoms with Gasteiger partial charge < -0.3 is 9.84 Å². The summed E-state index contributed by atoms with van der Waals surface area (Å²) in [5, 5.41) is 22.0. The molecule has 0 saturated heterocycles. The maximum Gasteiger partial charge on any atom is 0.312 e. The van der Waals surface area contributed by atoms with Gasteiger partial charge >= 0.3 is 5.69 Å². The number of quaternary nitrogens is 1. The molecule has 1 fully saturated rings. The molecule has 1 atom stereocenters. The molecule has 0 bridgehead atoms. The lowest BCUT2D eigenvalue weighted by atomic mass is 9.70. The Balaban J connectivity index is 1.54. The van der Waals surface area contributed by atoms with E-state index >= 15 is 0 Å². The lowest BCUT2D eigenvalue weighted by Gasteiger charge is -2.40. The Kier molecular flexibility index (Phi) is 4.55. The minimum atomic E-state index is -0.725. The molecule has 2 aromatic carbocycles. The van der Waals surface area contributed by atoms with Crippen molar-refractivity contribution in [1.29, 1.82) is 0 Å². The van der Waals surface area contributed by atoms with Crippen LogP contribution in [0.5, 0.6) is 11.5 Å². The average molecular weight is 432 g/mol. The van der Waals surface area contributed by atoms with Gasteiger partial charge in [-0.05, 0) is 44.0 Å². The van der Waals surface area contributed by atoms with Crippen molar-refractivity contribution in [3.63, 3.8) is 0 Å². The average Bonchev–Trinajstić information content (AvgIpc) is 3.05. The van der Waals surface area contributed by atoms with Gasteiger partial charge in [0.05, 0.1) is 28.5 Å². The van der Waals surface area contributed by atoms with Gasteiger partial charge in [-0.15, -0.1) is 4.59 Å². The molecule has 1 unspecified atom stereocenters. The Bertz CT molecular complexity index is 1220. The summed E-state index contributed by atoms with van der Waals surface area (Å²) in [5.74, 6) is 7.85. The summed E-state index contributed by atoms with van der Waals surface area (Å²) in [7, 11) is 0. The van der Waals surface area contributed by atoms with E-state index in [9.17, 15) is 15.2 Å². The first-order valence-corrected chi connectivity index (χ1v) is 10.2. The zero-order valence-electron chi connectivity index (χ0n) is 17.4. The number of para-hydroxylation sites is 1. The number of amidine groups is 1. The van der Waals surface area contributed by atoms with Crippen molar-refractivity contribution < 1.29 is 19.4 Å². The van der Waals surface area contributed by atoms with Crippen molar-refractivity contribution in [2.24, 2.45) is 21.7 Å². The second kappa shape index (κ2) is 7.20. The molecule has 2 aromatic rings. The number of nitro benzene ring substituents is 1. The fourth-order valence-electron chi connectivity index (χ4n) is 4.40. The summed E-state index contributed by atoms with van der Waals surface area (Å²) in [5.41, 5.74) is 1.07. The van der Waals surface area contributed by atoms with Gasteiger partial charge in [0.25, 0.3) is 5.84 Å². The number of aliphatic imine (C=N–C) groups is 2. The molecule has 162 valence electrons. The Morgan fingerprint density at radius 2 is 2.00 bits per heavy atom. The predicted octanol–water partition coefficient (Wildman–Crippen LogP) is 3.77. The van der Waals surface area contributed by atoms with E-state index < -0.39 is 10.5 Å². The highest BCUT2D eigenvalue weighted by Gasteiger charge is 2.50. The Hall–Kier alpha value is -3.66. The van der Waals surface area contributed by atoms with Gasteiger partial charge in [-0.25, -0.2) is 0 Å². The molecular weight excluding hydrogens is 410 g/mol. The van der Waals surface area contributed by atoms with Gasteiger partial charge in [-0.1, -0.05) is 18.2 Å². The van der Waals surface area contributed by atoms with E-state index in [2.05, 4.69) is 4.99 Å². The summed E-state index contributed by atoms with van der Waals surface area (Å²) >= 11 is 0. The number of fused-ring (bicyclic) bond motifs is 1. The van der Waals surface area contributed by atoms with Crippen LogP contribution in [0, 0.1) is 16.0 Å². The van der Waals surface area contributed by atoms with Crippen LogP contribution in [0.25, 0.3) is 0 Å². The van der Waals surface area contributed by atoms with E-state index in [1.165, 1.54) is 6.07 Å². The predicted molar refractivity (Wildman–Crippen MR) is 119 cm³/mol. The van der Waals surface area contributed by atoms with Gasteiger partial charge in [0, 0.05) is 12.0 Å². The fourth-order valence-corrected chi connectivity index (χ4v) is 4.40. The molecule has 1 aliphatic carbocycles. The largest absolute Gasteiger partial charge is 0.450 e. The minimum Gasteiger partial charge on any atom is -0.450 e. The molecular formula is C23H22N5O4+. The molecule has 0 radical (unpaired) electrons. The first-order chi connectivity index (χ1) is 15.3. The van der Waals surface area contributed by atoms with Crippen LogP contribution < -0.4 is 10.6 Å². The van der Waals surface area contributed by atoms with E-state index in [0.29, 0.717) is 35.7 Å². The van der Waals surface area contributed by atoms with Crippen molar-refractivity contribution in [2.75, 3.05) is 0 Å². The van der Waals surface area contributed by atoms with Crippen molar-refractivity contribution in [2.45, 2.75) is 25.4 Å². The van der Waals surface area contributed by atoms with E-state index in [0.717, 1.165) is 5.70 Å². The molecule has 9 nitrogen and oxygen atoms in total. The van der Waals surface area contributed by atoms with Crippen LogP contribution in [-0.4, -0.2) is 32.3 Å². The summed E-state index contributed by atoms with van der Waals surface area (Å²) in [4.78, 5) is 20.3. The molecule has 0 spiro atoms. The molecule has 2 aliphatic heterocycles. The highest BCUT2D eigenvalue weighted by Crippen LogP contribution is 2.47. The topological polar surface area (TPSA) is 123 Å². The molecule has 3 N–H and O–H groups in total. The van der Waals surface area contributed by atoms with Gasteiger partial charge in [0.15, 0.2) is 0 Å². The molecule has 0 aromatic heterocycles. The molecule has 5 rings (SSSR count). The number of nitro groups is 1. The second-order valence-electron chi connectivity index (χ2n) is 8.52. The lowest BCUT2D eigenvalue weighted by molar-refractivity contribution is -0.750. The molecule has 3 aliphatic rings. The van der Waals surface area contributed by atoms with Gasteiger partial charge in [-0.3, -0.25) is 15.1 Å². The second-order valence-corrected chi connectivity index (χ2v) is 8.52. The number of allylic oxidation sites excluding steroid dienone is 2. The van der Waals surface area contributed by atoms with E-state index in [-0.39, 0.29) is 21.9 Å². The van der Waals surface area contributed by atoms with E-state index in [1.54, 1.807) is 61.9 Å². The van der Waals surface area contributed by atoms with Crippen LogP contribution in [0.4, 0.5) is 5.69 Å². The van der Waals surface area contributed by atoms with Gasteiger partial charge in [-0.2, -0.15) is 10.8 Å². The molecule has 9 heteroatoms. The normalized spacial score (nSPS) is 28.2. The fraction of sp³-hybridized carbons (Fsp3) is 0.217. The highest BCUT2D eigenvalue weighted by molar-refractivity contribution is 6.01. The summed E-state index contributed by atoms with van der Waals surface area (Å²) in [6, 6.07) is 13.6. The van der Waals surface area contributed by atoms with Crippen LogP contribution in [0.1, 0.15) is 25.3 Å². The first kappa shape index (κ1) is 20.3. The quantitative estimate of drug-likeness (QED) is 0.322. The summed E-state index contributed by atoms with van der Waals surface area (Å²) in [6.07, 6.45) is 6.09. The van der Waals surface area contributed by atoms with Crippen molar-refractivity contribution in [3.8, 4) is 11.5 Å².